The first-order chi connectivity index (χ1) is 11.4. The lowest BCUT2D eigenvalue weighted by atomic mass is 10.1. The van der Waals surface area contributed by atoms with Gasteiger partial charge in [0.05, 0.1) is 6.04 Å². The maximum Gasteiger partial charge on any atom is 0.271 e. The highest BCUT2D eigenvalue weighted by Gasteiger charge is 2.33. The van der Waals surface area contributed by atoms with Gasteiger partial charge in [0.2, 0.25) is 0 Å². The summed E-state index contributed by atoms with van der Waals surface area (Å²) >= 11 is 1.82. The zero-order valence-corrected chi connectivity index (χ0v) is 15.3. The summed E-state index contributed by atoms with van der Waals surface area (Å²) in [5.74, 6) is 3.30. The van der Waals surface area contributed by atoms with E-state index in [4.69, 9.17) is 4.42 Å². The van der Waals surface area contributed by atoms with Crippen molar-refractivity contribution in [3.63, 3.8) is 0 Å². The largest absolute Gasteiger partial charge is 0.464 e. The summed E-state index contributed by atoms with van der Waals surface area (Å²) in [6.45, 7) is 7.77. The molecule has 1 aliphatic rings. The van der Waals surface area contributed by atoms with Crippen LogP contribution in [0, 0.1) is 20.8 Å². The number of carbonyl (C=O) groups excluding carboxylic acids is 2. The molecule has 1 saturated heterocycles. The van der Waals surface area contributed by atoms with Crippen LogP contribution in [0.5, 0.6) is 0 Å². The molecule has 24 heavy (non-hydrogen) atoms. The average Bonchev–Trinajstić information content (AvgIpc) is 3.10. The fraction of sp³-hybridized carbons (Fsp3) is 0.444. The van der Waals surface area contributed by atoms with E-state index < -0.39 is 0 Å². The molecule has 1 aliphatic heterocycles. The van der Waals surface area contributed by atoms with Crippen LogP contribution in [0.25, 0.3) is 0 Å². The minimum absolute atomic E-state index is 0.0206. The van der Waals surface area contributed by atoms with E-state index in [1.165, 1.54) is 6.92 Å². The molecular weight excluding hydrogens is 324 g/mol. The predicted octanol–water partition coefficient (Wildman–Crippen LogP) is 3.67. The maximum absolute atomic E-state index is 13.1. The highest BCUT2D eigenvalue weighted by Crippen LogP contribution is 2.32. The van der Waals surface area contributed by atoms with Gasteiger partial charge in [-0.2, -0.15) is 11.8 Å². The number of aryl methyl sites for hydroxylation is 2. The first-order valence-electron chi connectivity index (χ1n) is 8.05. The minimum Gasteiger partial charge on any atom is -0.464 e. The Morgan fingerprint density at radius 1 is 1.29 bits per heavy atom. The van der Waals surface area contributed by atoms with Gasteiger partial charge in [-0.3, -0.25) is 9.59 Å². The molecule has 1 N–H and O–H groups in total. The van der Waals surface area contributed by atoms with E-state index in [2.05, 4.69) is 4.98 Å². The molecule has 0 unspecified atom stereocenters. The standard InChI is InChI=1S/C18H22N2O3S/c1-10-5-6-15(23-10)14-9-24-8-7-20(14)18(22)17-11(2)16(13(4)21)12(3)19-17/h5-6,14,19H,7-9H2,1-4H3/t14-/m1/s1. The molecule has 0 aliphatic carbocycles. The zero-order valence-electron chi connectivity index (χ0n) is 14.4. The lowest BCUT2D eigenvalue weighted by Crippen LogP contribution is -2.41. The number of carbonyl (C=O) groups is 2. The molecule has 5 nitrogen and oxygen atoms in total. The fourth-order valence-corrected chi connectivity index (χ4v) is 4.41. The molecule has 0 bridgehead atoms. The van der Waals surface area contributed by atoms with E-state index in [1.807, 2.05) is 49.6 Å². The van der Waals surface area contributed by atoms with Crippen molar-refractivity contribution in [3.05, 3.63) is 46.2 Å². The Bertz CT molecular complexity index is 790. The summed E-state index contributed by atoms with van der Waals surface area (Å²) in [4.78, 5) is 29.9. The van der Waals surface area contributed by atoms with Crippen LogP contribution in [0.3, 0.4) is 0 Å². The number of hydrogen-bond acceptors (Lipinski definition) is 4. The third-order valence-electron chi connectivity index (χ3n) is 4.48. The lowest BCUT2D eigenvalue weighted by Gasteiger charge is -2.34. The molecule has 0 spiro atoms. The molecule has 1 atom stereocenters. The number of thioether (sulfide) groups is 1. The normalized spacial score (nSPS) is 18.0. The summed E-state index contributed by atoms with van der Waals surface area (Å²) in [7, 11) is 0. The Labute approximate surface area is 145 Å². The monoisotopic (exact) mass is 346 g/mol. The van der Waals surface area contributed by atoms with Crippen molar-refractivity contribution in [3.8, 4) is 0 Å². The van der Waals surface area contributed by atoms with Crippen LogP contribution in [-0.2, 0) is 0 Å². The van der Waals surface area contributed by atoms with Crippen molar-refractivity contribution in [2.24, 2.45) is 0 Å². The number of hydrogen-bond donors (Lipinski definition) is 1. The Balaban J connectivity index is 1.95. The summed E-state index contributed by atoms with van der Waals surface area (Å²) in [6, 6.07) is 3.79. The molecule has 2 aromatic heterocycles. The van der Waals surface area contributed by atoms with E-state index >= 15 is 0 Å². The van der Waals surface area contributed by atoms with Crippen molar-refractivity contribution >= 4 is 23.5 Å². The van der Waals surface area contributed by atoms with Crippen LogP contribution in [0.4, 0.5) is 0 Å². The van der Waals surface area contributed by atoms with Crippen LogP contribution in [-0.4, -0.2) is 39.6 Å². The molecule has 1 amide bonds. The van der Waals surface area contributed by atoms with Gasteiger partial charge in [0, 0.05) is 29.3 Å². The molecule has 6 heteroatoms. The molecule has 0 radical (unpaired) electrons. The minimum atomic E-state index is -0.0752. The number of Topliss-reactive ketones (excluding diaryl/α,β-unsaturated/α-hetero) is 1. The number of nitrogens with one attached hydrogen (secondary N) is 1. The van der Waals surface area contributed by atoms with Gasteiger partial charge in [0.1, 0.15) is 17.2 Å². The Morgan fingerprint density at radius 3 is 2.62 bits per heavy atom. The van der Waals surface area contributed by atoms with Gasteiger partial charge in [0.15, 0.2) is 5.78 Å². The van der Waals surface area contributed by atoms with Gasteiger partial charge in [0.25, 0.3) is 5.91 Å². The zero-order chi connectivity index (χ0) is 17.4. The molecule has 2 aromatic rings. The van der Waals surface area contributed by atoms with Crippen molar-refractivity contribution in [1.82, 2.24) is 9.88 Å². The maximum atomic E-state index is 13.1. The number of ketones is 1. The quantitative estimate of drug-likeness (QED) is 0.861. The van der Waals surface area contributed by atoms with Gasteiger partial charge >= 0.3 is 0 Å². The number of nitrogens with zero attached hydrogens (tertiary/aromatic N) is 1. The average molecular weight is 346 g/mol. The molecular formula is C18H22N2O3S. The van der Waals surface area contributed by atoms with Gasteiger partial charge in [-0.1, -0.05) is 0 Å². The van der Waals surface area contributed by atoms with E-state index in [-0.39, 0.29) is 17.7 Å². The SMILES string of the molecule is CC(=O)c1c(C)[nH]c(C(=O)N2CCSC[C@@H]2c2ccc(C)o2)c1C. The van der Waals surface area contributed by atoms with Crippen molar-refractivity contribution < 1.29 is 14.0 Å². The van der Waals surface area contributed by atoms with Crippen molar-refractivity contribution in [2.75, 3.05) is 18.1 Å². The van der Waals surface area contributed by atoms with Crippen molar-refractivity contribution in [2.45, 2.75) is 33.7 Å². The lowest BCUT2D eigenvalue weighted by molar-refractivity contribution is 0.0675. The van der Waals surface area contributed by atoms with Gasteiger partial charge < -0.3 is 14.3 Å². The third kappa shape index (κ3) is 2.90. The van der Waals surface area contributed by atoms with E-state index in [1.54, 1.807) is 0 Å². The summed E-state index contributed by atoms with van der Waals surface area (Å²) in [6.07, 6.45) is 0. The Hall–Kier alpha value is -1.95. The summed E-state index contributed by atoms with van der Waals surface area (Å²) in [5, 5.41) is 0. The molecule has 0 aromatic carbocycles. The van der Waals surface area contributed by atoms with Gasteiger partial charge in [-0.15, -0.1) is 0 Å². The summed E-state index contributed by atoms with van der Waals surface area (Å²) in [5.41, 5.74) is 2.62. The highest BCUT2D eigenvalue weighted by atomic mass is 32.2. The molecule has 0 saturated carbocycles. The number of aromatic amines is 1. The molecule has 3 heterocycles. The smallest absolute Gasteiger partial charge is 0.271 e. The second kappa shape index (κ2) is 6.51. The van der Waals surface area contributed by atoms with Crippen molar-refractivity contribution in [1.29, 1.82) is 0 Å². The second-order valence-electron chi connectivity index (χ2n) is 6.22. The molecule has 128 valence electrons. The Morgan fingerprint density at radius 2 is 2.04 bits per heavy atom. The van der Waals surface area contributed by atoms with Gasteiger partial charge in [-0.05, 0) is 45.4 Å². The number of rotatable bonds is 3. The predicted molar refractivity (Wildman–Crippen MR) is 94.8 cm³/mol. The topological polar surface area (TPSA) is 66.3 Å². The molecule has 1 fully saturated rings. The molecule has 3 rings (SSSR count). The second-order valence-corrected chi connectivity index (χ2v) is 7.37. The Kier molecular flexibility index (Phi) is 4.58. The first-order valence-corrected chi connectivity index (χ1v) is 9.20. The summed E-state index contributed by atoms with van der Waals surface area (Å²) < 4.78 is 5.77. The number of aromatic nitrogens is 1. The van der Waals surface area contributed by atoms with E-state index in [9.17, 15) is 9.59 Å². The number of amides is 1. The van der Waals surface area contributed by atoms with Crippen LogP contribution in [0.15, 0.2) is 16.5 Å². The van der Waals surface area contributed by atoms with Crippen LogP contribution >= 0.6 is 11.8 Å². The van der Waals surface area contributed by atoms with Crippen LogP contribution in [0.2, 0.25) is 0 Å². The number of furan rings is 1. The van der Waals surface area contributed by atoms with E-state index in [0.717, 1.165) is 34.3 Å². The number of H-pyrrole nitrogens is 1. The van der Waals surface area contributed by atoms with E-state index in [0.29, 0.717) is 17.8 Å². The first kappa shape index (κ1) is 16.9. The van der Waals surface area contributed by atoms with Crippen LogP contribution < -0.4 is 0 Å². The third-order valence-corrected chi connectivity index (χ3v) is 5.51. The van der Waals surface area contributed by atoms with Crippen LogP contribution in [0.1, 0.15) is 56.6 Å². The highest BCUT2D eigenvalue weighted by molar-refractivity contribution is 7.99. The van der Waals surface area contributed by atoms with Gasteiger partial charge in [-0.25, -0.2) is 0 Å². The fourth-order valence-electron chi connectivity index (χ4n) is 3.35.